The fourth-order valence-corrected chi connectivity index (χ4v) is 4.56. The van der Waals surface area contributed by atoms with Crippen LogP contribution in [-0.4, -0.2) is 16.7 Å². The lowest BCUT2D eigenvalue weighted by molar-refractivity contribution is -0.113. The van der Waals surface area contributed by atoms with E-state index in [4.69, 9.17) is 23.2 Å². The van der Waals surface area contributed by atoms with Crippen LogP contribution in [0, 0.1) is 0 Å². The molecule has 5 rings (SSSR count). The number of carbonyl (C=O) groups excluding carboxylic acids is 1. The van der Waals surface area contributed by atoms with E-state index in [1.165, 1.54) is 11.3 Å². The maximum absolute atomic E-state index is 13.4. The molecule has 0 fully saturated rings. The topological polar surface area (TPSA) is 45.6 Å². The fourth-order valence-electron chi connectivity index (χ4n) is 3.19. The number of nitrogens with zero attached hydrogens (tertiary/aromatic N) is 3. The molecular weight excluding hydrogens is 437 g/mol. The average molecular weight is 450 g/mol. The van der Waals surface area contributed by atoms with Gasteiger partial charge in [-0.15, -0.1) is 0 Å². The minimum Gasteiger partial charge on any atom is -0.266 e. The molecule has 7 heteroatoms. The lowest BCUT2D eigenvalue weighted by atomic mass is 10.2. The van der Waals surface area contributed by atoms with Crippen LogP contribution < -0.4 is 4.90 Å². The Morgan fingerprint density at radius 1 is 0.900 bits per heavy atom. The summed E-state index contributed by atoms with van der Waals surface area (Å²) in [6.45, 7) is 0. The molecule has 0 spiro atoms. The molecule has 3 aromatic carbocycles. The standard InChI is InChI=1S/C23H13Cl2N3OS/c24-16-12-18-20(13-17(16)25)30-23(27-18)28-21(15-9-5-2-6-10-15)26-19(22(28)29)11-14-7-3-1-4-8-14/h1-13H. The van der Waals surface area contributed by atoms with E-state index in [9.17, 15) is 4.79 Å². The van der Waals surface area contributed by atoms with Gasteiger partial charge in [0.1, 0.15) is 11.5 Å². The summed E-state index contributed by atoms with van der Waals surface area (Å²) in [5.41, 5.74) is 2.78. The highest BCUT2D eigenvalue weighted by Gasteiger charge is 2.34. The third kappa shape index (κ3) is 3.41. The summed E-state index contributed by atoms with van der Waals surface area (Å²) >= 11 is 13.7. The first-order chi connectivity index (χ1) is 14.6. The predicted octanol–water partition coefficient (Wildman–Crippen LogP) is 6.44. The van der Waals surface area contributed by atoms with Crippen LogP contribution in [0.25, 0.3) is 16.3 Å². The average Bonchev–Trinajstić information content (AvgIpc) is 3.30. The van der Waals surface area contributed by atoms with Crippen molar-refractivity contribution in [3.8, 4) is 0 Å². The molecule has 0 N–H and O–H groups in total. The first-order valence-corrected chi connectivity index (χ1v) is 10.7. The SMILES string of the molecule is O=C1C(=Cc2ccccc2)N=C(c2ccccc2)N1c1nc2cc(Cl)c(Cl)cc2s1. The van der Waals surface area contributed by atoms with Gasteiger partial charge < -0.3 is 0 Å². The van der Waals surface area contributed by atoms with Crippen LogP contribution in [0.5, 0.6) is 0 Å². The van der Waals surface area contributed by atoms with E-state index in [0.29, 0.717) is 32.2 Å². The van der Waals surface area contributed by atoms with Gasteiger partial charge in [-0.1, -0.05) is 95.2 Å². The number of carbonyl (C=O) groups is 1. The van der Waals surface area contributed by atoms with Gasteiger partial charge in [-0.25, -0.2) is 14.9 Å². The molecule has 4 aromatic rings. The molecule has 4 nitrogen and oxygen atoms in total. The minimum absolute atomic E-state index is 0.228. The third-order valence-corrected chi connectivity index (χ3v) is 6.33. The lowest BCUT2D eigenvalue weighted by Gasteiger charge is -2.14. The first kappa shape index (κ1) is 19.0. The van der Waals surface area contributed by atoms with Gasteiger partial charge in [-0.3, -0.25) is 4.79 Å². The zero-order valence-corrected chi connectivity index (χ0v) is 17.7. The highest BCUT2D eigenvalue weighted by Crippen LogP contribution is 2.37. The summed E-state index contributed by atoms with van der Waals surface area (Å²) < 4.78 is 0.847. The fraction of sp³-hybridized carbons (Fsp3) is 0. The van der Waals surface area contributed by atoms with E-state index in [0.717, 1.165) is 15.8 Å². The molecule has 1 amide bonds. The number of halogens is 2. The Bertz CT molecular complexity index is 1290. The molecule has 0 saturated heterocycles. The van der Waals surface area contributed by atoms with E-state index in [-0.39, 0.29) is 5.91 Å². The van der Waals surface area contributed by atoms with Crippen molar-refractivity contribution in [3.05, 3.63) is 99.7 Å². The van der Waals surface area contributed by atoms with Crippen molar-refractivity contribution in [2.45, 2.75) is 0 Å². The molecule has 146 valence electrons. The number of aromatic nitrogens is 1. The molecular formula is C23H13Cl2N3OS. The van der Waals surface area contributed by atoms with E-state index in [1.54, 1.807) is 23.1 Å². The molecule has 30 heavy (non-hydrogen) atoms. The monoisotopic (exact) mass is 449 g/mol. The van der Waals surface area contributed by atoms with Gasteiger partial charge in [0.15, 0.2) is 5.13 Å². The predicted molar refractivity (Wildman–Crippen MR) is 125 cm³/mol. The Balaban J connectivity index is 1.65. The first-order valence-electron chi connectivity index (χ1n) is 9.11. The molecule has 1 aromatic heterocycles. The summed E-state index contributed by atoms with van der Waals surface area (Å²) in [7, 11) is 0. The molecule has 0 saturated carbocycles. The molecule has 0 unspecified atom stereocenters. The molecule has 0 atom stereocenters. The third-order valence-electron chi connectivity index (χ3n) is 4.61. The maximum Gasteiger partial charge on any atom is 0.284 e. The van der Waals surface area contributed by atoms with Crippen molar-refractivity contribution in [2.75, 3.05) is 4.90 Å². The van der Waals surface area contributed by atoms with Gasteiger partial charge >= 0.3 is 0 Å². The maximum atomic E-state index is 13.4. The molecule has 0 aliphatic carbocycles. The zero-order chi connectivity index (χ0) is 20.7. The van der Waals surface area contributed by atoms with Gasteiger partial charge in [0.25, 0.3) is 5.91 Å². The van der Waals surface area contributed by atoms with Gasteiger partial charge in [0.05, 0.1) is 20.3 Å². The summed E-state index contributed by atoms with van der Waals surface area (Å²) in [6.07, 6.45) is 1.78. The summed E-state index contributed by atoms with van der Waals surface area (Å²) in [5, 5.41) is 1.40. The molecule has 1 aliphatic rings. The number of amides is 1. The number of rotatable bonds is 3. The Kier molecular flexibility index (Phi) is 4.87. The summed E-state index contributed by atoms with van der Waals surface area (Å²) in [4.78, 5) is 24.2. The van der Waals surface area contributed by atoms with Crippen LogP contribution in [0.15, 0.2) is 83.5 Å². The van der Waals surface area contributed by atoms with Crippen LogP contribution >= 0.6 is 34.5 Å². The van der Waals surface area contributed by atoms with Gasteiger partial charge in [0.2, 0.25) is 0 Å². The van der Waals surface area contributed by atoms with Crippen molar-refractivity contribution >= 4 is 67.7 Å². The highest BCUT2D eigenvalue weighted by atomic mass is 35.5. The number of amidine groups is 1. The summed E-state index contributed by atoms with van der Waals surface area (Å²) in [6, 6.07) is 22.7. The largest absolute Gasteiger partial charge is 0.284 e. The minimum atomic E-state index is -0.228. The van der Waals surface area contributed by atoms with Crippen LogP contribution in [0.1, 0.15) is 11.1 Å². The zero-order valence-electron chi connectivity index (χ0n) is 15.4. The Labute approximate surface area is 186 Å². The van der Waals surface area contributed by atoms with Crippen molar-refractivity contribution in [3.63, 3.8) is 0 Å². The second-order valence-electron chi connectivity index (χ2n) is 6.61. The smallest absolute Gasteiger partial charge is 0.266 e. The Morgan fingerprint density at radius 3 is 2.30 bits per heavy atom. The number of hydrogen-bond acceptors (Lipinski definition) is 4. The van der Waals surface area contributed by atoms with Crippen molar-refractivity contribution < 1.29 is 4.79 Å². The summed E-state index contributed by atoms with van der Waals surface area (Å²) in [5.74, 6) is 0.313. The van der Waals surface area contributed by atoms with Crippen LogP contribution in [0.2, 0.25) is 10.0 Å². The molecule has 0 radical (unpaired) electrons. The number of aliphatic imine (C=N–C) groups is 1. The van der Waals surface area contributed by atoms with E-state index < -0.39 is 0 Å². The van der Waals surface area contributed by atoms with Crippen molar-refractivity contribution in [2.24, 2.45) is 4.99 Å². The molecule has 0 bridgehead atoms. The number of hydrogen-bond donors (Lipinski definition) is 0. The van der Waals surface area contributed by atoms with Gasteiger partial charge in [0, 0.05) is 5.56 Å². The van der Waals surface area contributed by atoms with Crippen LogP contribution in [0.4, 0.5) is 5.13 Å². The van der Waals surface area contributed by atoms with E-state index in [2.05, 4.69) is 9.98 Å². The number of anilines is 1. The quantitative estimate of drug-likeness (QED) is 0.338. The highest BCUT2D eigenvalue weighted by molar-refractivity contribution is 7.22. The molecule has 1 aliphatic heterocycles. The van der Waals surface area contributed by atoms with Gasteiger partial charge in [-0.05, 0) is 23.8 Å². The van der Waals surface area contributed by atoms with Gasteiger partial charge in [-0.2, -0.15) is 0 Å². The van der Waals surface area contributed by atoms with Crippen molar-refractivity contribution in [1.82, 2.24) is 4.98 Å². The second-order valence-corrected chi connectivity index (χ2v) is 8.44. The number of thiazole rings is 1. The van der Waals surface area contributed by atoms with Crippen molar-refractivity contribution in [1.29, 1.82) is 0 Å². The normalized spacial score (nSPS) is 15.3. The lowest BCUT2D eigenvalue weighted by Crippen LogP contribution is -2.32. The Hall–Kier alpha value is -2.99. The van der Waals surface area contributed by atoms with E-state index >= 15 is 0 Å². The molecule has 2 heterocycles. The van der Waals surface area contributed by atoms with Crippen LogP contribution in [-0.2, 0) is 4.79 Å². The number of fused-ring (bicyclic) bond motifs is 1. The number of benzene rings is 3. The Morgan fingerprint density at radius 2 is 1.57 bits per heavy atom. The second kappa shape index (κ2) is 7.69. The van der Waals surface area contributed by atoms with E-state index in [1.807, 2.05) is 60.7 Å². The van der Waals surface area contributed by atoms with Crippen LogP contribution in [0.3, 0.4) is 0 Å².